The molecule has 5 heteroatoms. The van der Waals surface area contributed by atoms with E-state index in [2.05, 4.69) is 17.0 Å². The van der Waals surface area contributed by atoms with Crippen LogP contribution in [0.5, 0.6) is 0 Å². The number of halogens is 1. The fourth-order valence-electron chi connectivity index (χ4n) is 2.54. The van der Waals surface area contributed by atoms with Gasteiger partial charge in [0, 0.05) is 12.6 Å². The van der Waals surface area contributed by atoms with Gasteiger partial charge >= 0.3 is 0 Å². The van der Waals surface area contributed by atoms with Crippen LogP contribution in [0.2, 0.25) is 0 Å². The number of anilines is 1. The molecule has 0 aliphatic rings. The zero-order valence-electron chi connectivity index (χ0n) is 12.6. The van der Waals surface area contributed by atoms with Crippen LogP contribution >= 0.6 is 0 Å². The van der Waals surface area contributed by atoms with Crippen molar-refractivity contribution in [2.45, 2.75) is 0 Å². The maximum Gasteiger partial charge on any atom is 0.295 e. The second-order valence-corrected chi connectivity index (χ2v) is 5.02. The van der Waals surface area contributed by atoms with Gasteiger partial charge in [-0.25, -0.2) is 9.07 Å². The first-order valence-electron chi connectivity index (χ1n) is 7.16. The Hall–Kier alpha value is -3.08. The van der Waals surface area contributed by atoms with Crippen LogP contribution in [0.3, 0.4) is 0 Å². The highest BCUT2D eigenvalue weighted by molar-refractivity contribution is 5.80. The van der Waals surface area contributed by atoms with Crippen LogP contribution in [0.25, 0.3) is 23.0 Å². The Bertz CT molecular complexity index is 907. The van der Waals surface area contributed by atoms with E-state index in [1.54, 1.807) is 25.3 Å². The van der Waals surface area contributed by atoms with Crippen molar-refractivity contribution >= 4 is 11.8 Å². The fourth-order valence-corrected chi connectivity index (χ4v) is 2.54. The second-order valence-electron chi connectivity index (χ2n) is 5.02. The van der Waals surface area contributed by atoms with Gasteiger partial charge in [0.2, 0.25) is 0 Å². The second kappa shape index (κ2) is 5.96. The third-order valence-corrected chi connectivity index (χ3v) is 3.68. The maximum absolute atomic E-state index is 13.1. The van der Waals surface area contributed by atoms with E-state index < -0.39 is 0 Å². The molecule has 0 aliphatic carbocycles. The molecule has 4 nitrogen and oxygen atoms in total. The molecule has 0 aliphatic heterocycles. The number of aromatic nitrogens is 2. The summed E-state index contributed by atoms with van der Waals surface area (Å²) >= 11 is 0. The van der Waals surface area contributed by atoms with Gasteiger partial charge in [-0.05, 0) is 29.8 Å². The first kappa shape index (κ1) is 14.8. The lowest BCUT2D eigenvalue weighted by Crippen LogP contribution is -2.16. The normalized spacial score (nSPS) is 10.5. The van der Waals surface area contributed by atoms with E-state index in [0.717, 1.165) is 11.1 Å². The van der Waals surface area contributed by atoms with Gasteiger partial charge in [0.1, 0.15) is 11.5 Å². The van der Waals surface area contributed by atoms with Crippen molar-refractivity contribution in [1.82, 2.24) is 9.78 Å². The van der Waals surface area contributed by atoms with Crippen LogP contribution in [0, 0.1) is 5.82 Å². The molecule has 0 atom stereocenters. The average Bonchev–Trinajstić information content (AvgIpc) is 2.92. The minimum absolute atomic E-state index is 0.229. The monoisotopic (exact) mass is 309 g/mol. The Balaban J connectivity index is 2.23. The minimum Gasteiger partial charge on any atom is -0.382 e. The van der Waals surface area contributed by atoms with Gasteiger partial charge in [-0.15, -0.1) is 0 Å². The van der Waals surface area contributed by atoms with Gasteiger partial charge in [-0.2, -0.15) is 0 Å². The van der Waals surface area contributed by atoms with Crippen molar-refractivity contribution < 1.29 is 4.39 Å². The smallest absolute Gasteiger partial charge is 0.295 e. The van der Waals surface area contributed by atoms with Gasteiger partial charge in [0.25, 0.3) is 5.56 Å². The quantitative estimate of drug-likeness (QED) is 0.773. The molecular formula is C18H16FN3O. The predicted molar refractivity (Wildman–Crippen MR) is 91.4 cm³/mol. The highest BCUT2D eigenvalue weighted by Gasteiger charge is 2.17. The Labute approximate surface area is 132 Å². The molecule has 1 aromatic heterocycles. The molecule has 0 saturated heterocycles. The number of nitrogens with one attached hydrogen (secondary N) is 2. The summed E-state index contributed by atoms with van der Waals surface area (Å²) in [5.74, 6) is -0.348. The average molecular weight is 309 g/mol. The molecule has 0 saturated carbocycles. The highest BCUT2D eigenvalue weighted by Crippen LogP contribution is 2.28. The zero-order chi connectivity index (χ0) is 16.4. The number of hydrogen-bond acceptors (Lipinski definition) is 2. The molecule has 2 N–H and O–H groups in total. The molecule has 0 amide bonds. The fraction of sp³-hybridized carbons (Fsp3) is 0.0556. The van der Waals surface area contributed by atoms with Crippen LogP contribution in [0.4, 0.5) is 10.1 Å². The molecule has 0 bridgehead atoms. The van der Waals surface area contributed by atoms with Crippen LogP contribution in [-0.4, -0.2) is 16.8 Å². The third-order valence-electron chi connectivity index (χ3n) is 3.68. The molecule has 3 rings (SSSR count). The number of aromatic amines is 1. The highest BCUT2D eigenvalue weighted by atomic mass is 19.1. The molecule has 0 unspecified atom stereocenters. The summed E-state index contributed by atoms with van der Waals surface area (Å²) in [4.78, 5) is 12.6. The predicted octanol–water partition coefficient (Wildman–Crippen LogP) is 3.66. The molecule has 0 fully saturated rings. The lowest BCUT2D eigenvalue weighted by molar-refractivity contribution is 0.627. The summed E-state index contributed by atoms with van der Waals surface area (Å²) in [6, 6.07) is 13.4. The van der Waals surface area contributed by atoms with Gasteiger partial charge < -0.3 is 5.32 Å². The Morgan fingerprint density at radius 3 is 2.52 bits per heavy atom. The van der Waals surface area contributed by atoms with Crippen LogP contribution < -0.4 is 10.9 Å². The Kier molecular flexibility index (Phi) is 3.85. The topological polar surface area (TPSA) is 49.8 Å². The van der Waals surface area contributed by atoms with Crippen molar-refractivity contribution in [2.75, 3.05) is 12.4 Å². The van der Waals surface area contributed by atoms with E-state index in [1.807, 2.05) is 24.3 Å². The zero-order valence-corrected chi connectivity index (χ0v) is 12.6. The SMILES string of the molecule is C=Cc1ccccc1-c1[nH]n(-c2ccc(F)cc2)c(=O)c1NC. The number of rotatable bonds is 4. The van der Waals surface area contributed by atoms with E-state index in [1.165, 1.54) is 16.8 Å². The molecule has 3 aromatic rings. The third kappa shape index (κ3) is 2.57. The summed E-state index contributed by atoms with van der Waals surface area (Å²) in [7, 11) is 1.69. The van der Waals surface area contributed by atoms with E-state index in [-0.39, 0.29) is 11.4 Å². The van der Waals surface area contributed by atoms with Crippen molar-refractivity contribution in [1.29, 1.82) is 0 Å². The summed E-state index contributed by atoms with van der Waals surface area (Å²) in [6.07, 6.45) is 1.74. The molecule has 23 heavy (non-hydrogen) atoms. The van der Waals surface area contributed by atoms with E-state index >= 15 is 0 Å². The van der Waals surface area contributed by atoms with Crippen LogP contribution in [-0.2, 0) is 0 Å². The summed E-state index contributed by atoms with van der Waals surface area (Å²) < 4.78 is 14.5. The van der Waals surface area contributed by atoms with Crippen molar-refractivity contribution in [3.8, 4) is 16.9 Å². The van der Waals surface area contributed by atoms with Gasteiger partial charge in [-0.3, -0.25) is 9.89 Å². The lowest BCUT2D eigenvalue weighted by Gasteiger charge is -2.06. The molecule has 1 heterocycles. The lowest BCUT2D eigenvalue weighted by atomic mass is 10.0. The molecule has 2 aromatic carbocycles. The van der Waals surface area contributed by atoms with Crippen LogP contribution in [0.15, 0.2) is 59.9 Å². The number of nitrogens with zero attached hydrogens (tertiary/aromatic N) is 1. The standard InChI is InChI=1S/C18H16FN3O/c1-3-12-6-4-5-7-15(12)16-17(20-2)18(23)22(21-16)14-10-8-13(19)9-11-14/h3-11,20-21H,1H2,2H3. The maximum atomic E-state index is 13.1. The Morgan fingerprint density at radius 1 is 1.17 bits per heavy atom. The van der Waals surface area contributed by atoms with E-state index in [4.69, 9.17) is 0 Å². The van der Waals surface area contributed by atoms with Crippen LogP contribution in [0.1, 0.15) is 5.56 Å². The molecule has 0 spiro atoms. The van der Waals surface area contributed by atoms with Crippen molar-refractivity contribution in [3.63, 3.8) is 0 Å². The number of hydrogen-bond donors (Lipinski definition) is 2. The first-order chi connectivity index (χ1) is 11.2. The Morgan fingerprint density at radius 2 is 1.87 bits per heavy atom. The molecular weight excluding hydrogens is 293 g/mol. The molecule has 116 valence electrons. The number of H-pyrrole nitrogens is 1. The van der Waals surface area contributed by atoms with Gasteiger partial charge in [0.05, 0.1) is 11.4 Å². The first-order valence-corrected chi connectivity index (χ1v) is 7.16. The largest absolute Gasteiger partial charge is 0.382 e. The number of benzene rings is 2. The minimum atomic E-state index is -0.348. The van der Waals surface area contributed by atoms with E-state index in [0.29, 0.717) is 17.1 Å². The summed E-state index contributed by atoms with van der Waals surface area (Å²) in [6.45, 7) is 3.81. The van der Waals surface area contributed by atoms with Crippen molar-refractivity contribution in [2.24, 2.45) is 0 Å². The molecule has 0 radical (unpaired) electrons. The summed E-state index contributed by atoms with van der Waals surface area (Å²) in [5.41, 5.74) is 3.23. The van der Waals surface area contributed by atoms with Gasteiger partial charge in [-0.1, -0.05) is 36.9 Å². The van der Waals surface area contributed by atoms with Crippen molar-refractivity contribution in [3.05, 3.63) is 76.8 Å². The van der Waals surface area contributed by atoms with E-state index in [9.17, 15) is 9.18 Å². The van der Waals surface area contributed by atoms with Gasteiger partial charge in [0.15, 0.2) is 0 Å². The summed E-state index contributed by atoms with van der Waals surface area (Å²) in [5, 5.41) is 6.04.